The van der Waals surface area contributed by atoms with Gasteiger partial charge >= 0.3 is 12.0 Å². The number of rotatable bonds is 9. The Morgan fingerprint density at radius 2 is 1.16 bits per heavy atom. The highest BCUT2D eigenvalue weighted by Gasteiger charge is 2.53. The smallest absolute Gasteiger partial charge is 0.314 e. The van der Waals surface area contributed by atoms with Crippen molar-refractivity contribution in [3.63, 3.8) is 0 Å². The number of anilines is 2. The molecule has 4 N–H and O–H groups in total. The number of aliphatic carboxylic acids is 1. The molecule has 292 valence electrons. The number of carbonyl (C=O) groups is 2. The fraction of sp³-hybridized carbons (Fsp3) is 0.238. The number of ether oxygens (including phenoxy) is 4. The second-order valence-electron chi connectivity index (χ2n) is 13.9. The Balaban J connectivity index is 0.000000132. The van der Waals surface area contributed by atoms with Crippen molar-refractivity contribution >= 4 is 47.1 Å². The molecule has 0 saturated heterocycles. The van der Waals surface area contributed by atoms with E-state index >= 15 is 0 Å². The largest absolute Gasteiger partial charge is 0.481 e. The fourth-order valence-corrected chi connectivity index (χ4v) is 7.04. The molecule has 0 atom stereocenters. The quantitative estimate of drug-likeness (QED) is 0.127. The van der Waals surface area contributed by atoms with Crippen LogP contribution in [-0.4, -0.2) is 40.5 Å². The van der Waals surface area contributed by atoms with Crippen molar-refractivity contribution in [1.82, 2.24) is 9.97 Å². The maximum Gasteiger partial charge on any atom is 0.314 e. The first-order valence-corrected chi connectivity index (χ1v) is 18.8. The van der Waals surface area contributed by atoms with Gasteiger partial charge in [-0.2, -0.15) is 0 Å². The Hall–Kier alpha value is -6.18. The minimum atomic E-state index is -0.749. The molecule has 4 aliphatic rings. The van der Waals surface area contributed by atoms with Crippen LogP contribution < -0.4 is 30.0 Å². The molecular formula is C42H36Cl2N4O9. The summed E-state index contributed by atoms with van der Waals surface area (Å²) in [5.41, 5.74) is 7.80. The number of carboxylic acids is 1. The Bertz CT molecular complexity index is 2440. The number of nitrogen functional groups attached to an aromatic ring is 1. The maximum atomic E-state index is 12.9. The van der Waals surface area contributed by atoms with Gasteiger partial charge in [-0.3, -0.25) is 14.9 Å². The van der Waals surface area contributed by atoms with E-state index in [4.69, 9.17) is 61.8 Å². The van der Waals surface area contributed by atoms with E-state index in [1.54, 1.807) is 24.5 Å². The predicted octanol–water partition coefficient (Wildman–Crippen LogP) is 8.35. The number of oxazole rings is 2. The maximum absolute atomic E-state index is 12.9. The SMILES string of the molecule is Nc1ncc(Cc2ccccc2Cl)o1.O=C(Nc1ncc(Cc2ccccc2Cl)o1)C1(c2ccc3c(c2)OCO3)CC1.O=C(O)C1(c2ccc3c(c2)OCO3)CC1. The standard InChI is InChI=1S/C21H17ClN2O4.C11H10O4.C10H9ClN2O/c22-16-4-2-1-3-13(16)9-15-11-23-20(28-15)24-19(25)21(7-8-21)14-5-6-17-18(10-14)27-12-26-17;12-10(13)11(3-4-11)7-1-2-8-9(5-7)15-6-14-8;11-9-4-2-1-3-7(9)5-8-6-13-10(12)14-8/h1-6,10-11H,7-9,12H2,(H,23,24,25);1-2,5H,3-4,6H2,(H,12,13);1-4,6H,5H2,(H2,12,13). The molecule has 2 aliphatic heterocycles. The number of nitrogens with one attached hydrogen (secondary N) is 1. The van der Waals surface area contributed by atoms with Crippen molar-refractivity contribution in [3.8, 4) is 23.0 Å². The highest BCUT2D eigenvalue weighted by atomic mass is 35.5. The summed E-state index contributed by atoms with van der Waals surface area (Å²) in [6.07, 6.45) is 7.30. The van der Waals surface area contributed by atoms with Crippen LogP contribution in [0.25, 0.3) is 0 Å². The van der Waals surface area contributed by atoms with Crippen LogP contribution >= 0.6 is 23.2 Å². The summed E-state index contributed by atoms with van der Waals surface area (Å²) < 4.78 is 32.0. The van der Waals surface area contributed by atoms with E-state index in [-0.39, 0.29) is 31.5 Å². The van der Waals surface area contributed by atoms with Crippen LogP contribution in [0.4, 0.5) is 12.0 Å². The normalized spacial score (nSPS) is 15.7. The molecule has 1 amide bonds. The number of benzene rings is 4. The topological polar surface area (TPSA) is 181 Å². The number of hydrogen-bond acceptors (Lipinski definition) is 11. The molecule has 15 heteroatoms. The minimum absolute atomic E-state index is 0.127. The lowest BCUT2D eigenvalue weighted by Crippen LogP contribution is -2.27. The molecule has 0 radical (unpaired) electrons. The van der Waals surface area contributed by atoms with Gasteiger partial charge in [-0.05, 0) is 84.3 Å². The number of hydrogen-bond donors (Lipinski definition) is 3. The van der Waals surface area contributed by atoms with E-state index in [2.05, 4.69) is 15.3 Å². The third-order valence-corrected chi connectivity index (χ3v) is 10.9. The first-order chi connectivity index (χ1) is 27.6. The molecule has 6 aromatic rings. The third-order valence-electron chi connectivity index (χ3n) is 10.2. The Morgan fingerprint density at radius 1 is 0.667 bits per heavy atom. The summed E-state index contributed by atoms with van der Waals surface area (Å²) in [7, 11) is 0. The van der Waals surface area contributed by atoms with E-state index in [0.717, 1.165) is 45.9 Å². The number of nitrogens with two attached hydrogens (primary N) is 1. The molecule has 4 heterocycles. The van der Waals surface area contributed by atoms with Gasteiger partial charge in [0.1, 0.15) is 11.5 Å². The van der Waals surface area contributed by atoms with Crippen molar-refractivity contribution in [2.75, 3.05) is 24.6 Å². The lowest BCUT2D eigenvalue weighted by atomic mass is 9.94. The lowest BCUT2D eigenvalue weighted by Gasteiger charge is -2.14. The average molecular weight is 812 g/mol. The van der Waals surface area contributed by atoms with Crippen LogP contribution in [-0.2, 0) is 33.3 Å². The van der Waals surface area contributed by atoms with Crippen molar-refractivity contribution in [2.24, 2.45) is 0 Å². The summed E-state index contributed by atoms with van der Waals surface area (Å²) in [5, 5.41) is 13.3. The lowest BCUT2D eigenvalue weighted by molar-refractivity contribution is -0.140. The number of carbonyl (C=O) groups excluding carboxylic acids is 1. The van der Waals surface area contributed by atoms with Gasteiger partial charge in [0.2, 0.25) is 19.5 Å². The van der Waals surface area contributed by atoms with Crippen LogP contribution in [0.5, 0.6) is 23.0 Å². The summed E-state index contributed by atoms with van der Waals surface area (Å²) in [5.74, 6) is 3.21. The van der Waals surface area contributed by atoms with Gasteiger partial charge in [0.15, 0.2) is 23.0 Å². The Labute approximate surface area is 336 Å². The molecule has 0 bridgehead atoms. The minimum Gasteiger partial charge on any atom is -0.481 e. The first-order valence-electron chi connectivity index (χ1n) is 18.1. The molecular weight excluding hydrogens is 775 g/mol. The summed E-state index contributed by atoms with van der Waals surface area (Å²) in [6, 6.07) is 26.6. The molecule has 10 rings (SSSR count). The second-order valence-corrected chi connectivity index (χ2v) is 14.7. The van der Waals surface area contributed by atoms with Gasteiger partial charge in [0.05, 0.1) is 23.2 Å². The van der Waals surface area contributed by atoms with Crippen LogP contribution in [0.1, 0.15) is 59.5 Å². The van der Waals surface area contributed by atoms with Crippen LogP contribution in [0.3, 0.4) is 0 Å². The van der Waals surface area contributed by atoms with Crippen LogP contribution in [0.15, 0.2) is 106 Å². The molecule has 2 aromatic heterocycles. The van der Waals surface area contributed by atoms with E-state index < -0.39 is 16.8 Å². The molecule has 57 heavy (non-hydrogen) atoms. The van der Waals surface area contributed by atoms with Gasteiger partial charge in [0, 0.05) is 22.9 Å². The summed E-state index contributed by atoms with van der Waals surface area (Å²) in [4.78, 5) is 32.0. The fourth-order valence-electron chi connectivity index (χ4n) is 6.64. The van der Waals surface area contributed by atoms with Crippen LogP contribution in [0.2, 0.25) is 10.0 Å². The van der Waals surface area contributed by atoms with Crippen molar-refractivity contribution < 1.29 is 42.5 Å². The molecule has 2 saturated carbocycles. The van der Waals surface area contributed by atoms with E-state index in [1.807, 2.05) is 72.8 Å². The highest BCUT2D eigenvalue weighted by molar-refractivity contribution is 6.31. The van der Waals surface area contributed by atoms with Crippen molar-refractivity contribution in [2.45, 2.75) is 49.4 Å². The zero-order chi connectivity index (χ0) is 39.6. The average Bonchev–Trinajstić information content (AvgIpc) is 3.93. The van der Waals surface area contributed by atoms with E-state index in [1.165, 1.54) is 0 Å². The second kappa shape index (κ2) is 15.8. The first kappa shape index (κ1) is 37.7. The van der Waals surface area contributed by atoms with Gasteiger partial charge < -0.3 is 38.6 Å². The van der Waals surface area contributed by atoms with Crippen molar-refractivity contribution in [1.29, 1.82) is 0 Å². The predicted molar refractivity (Wildman–Crippen MR) is 209 cm³/mol. The summed E-state index contributed by atoms with van der Waals surface area (Å²) >= 11 is 12.2. The third kappa shape index (κ3) is 8.21. The molecule has 0 spiro atoms. The molecule has 2 fully saturated rings. The zero-order valence-electron chi connectivity index (χ0n) is 30.3. The number of amides is 1. The van der Waals surface area contributed by atoms with Gasteiger partial charge in [0.25, 0.3) is 6.01 Å². The van der Waals surface area contributed by atoms with Gasteiger partial charge in [-0.1, -0.05) is 71.7 Å². The summed E-state index contributed by atoms with van der Waals surface area (Å²) in [6.45, 7) is 0.432. The van der Waals surface area contributed by atoms with E-state index in [0.29, 0.717) is 59.5 Å². The zero-order valence-corrected chi connectivity index (χ0v) is 31.8. The number of halogens is 2. The molecule has 13 nitrogen and oxygen atoms in total. The van der Waals surface area contributed by atoms with Crippen molar-refractivity contribution in [3.05, 3.63) is 141 Å². The van der Waals surface area contributed by atoms with Crippen LogP contribution in [0, 0.1) is 0 Å². The monoisotopic (exact) mass is 810 g/mol. The number of nitrogens with zero attached hydrogens (tertiary/aromatic N) is 2. The Morgan fingerprint density at radius 3 is 1.65 bits per heavy atom. The van der Waals surface area contributed by atoms with E-state index in [9.17, 15) is 9.59 Å². The van der Waals surface area contributed by atoms with Gasteiger partial charge in [-0.15, -0.1) is 0 Å². The molecule has 0 unspecified atom stereocenters. The number of carboxylic acid groups (broad SMARTS) is 1. The Kier molecular flexibility index (Phi) is 10.4. The molecule has 4 aromatic carbocycles. The highest BCUT2D eigenvalue weighted by Crippen LogP contribution is 2.52. The van der Waals surface area contributed by atoms with Gasteiger partial charge in [-0.25, -0.2) is 9.97 Å². The number of aromatic nitrogens is 2. The molecule has 2 aliphatic carbocycles. The number of fused-ring (bicyclic) bond motifs is 2.